The van der Waals surface area contributed by atoms with Crippen LogP contribution >= 0.6 is 21.6 Å². The number of carbonyl (C=O) groups is 9. The third kappa shape index (κ3) is 31.5. The Bertz CT molecular complexity index is 2290. The molecule has 3 rings (SSSR count). The molecule has 0 aliphatic rings. The first-order valence-electron chi connectivity index (χ1n) is 24.0. The van der Waals surface area contributed by atoms with Crippen LogP contribution in [0.3, 0.4) is 0 Å². The molecule has 23 nitrogen and oxygen atoms in total. The number of allylic oxidation sites excluding steroid dienone is 1. The van der Waals surface area contributed by atoms with E-state index in [-0.39, 0.29) is 61.4 Å². The van der Waals surface area contributed by atoms with Crippen LogP contribution in [0.1, 0.15) is 73.0 Å². The molecule has 0 bridgehead atoms. The highest BCUT2D eigenvalue weighted by Gasteiger charge is 2.29. The molecule has 3 aromatic rings. The molecule has 4 unspecified atom stereocenters. The molecule has 420 valence electrons. The van der Waals surface area contributed by atoms with Gasteiger partial charge in [-0.2, -0.15) is 0 Å². The van der Waals surface area contributed by atoms with Crippen LogP contribution in [0, 0.1) is 6.92 Å². The van der Waals surface area contributed by atoms with Crippen molar-refractivity contribution in [2.24, 2.45) is 22.9 Å². The zero-order valence-corrected chi connectivity index (χ0v) is 45.4. The Labute approximate surface area is 452 Å². The second kappa shape index (κ2) is 40.2. The van der Waals surface area contributed by atoms with Crippen LogP contribution in [-0.4, -0.2) is 144 Å². The fourth-order valence-corrected chi connectivity index (χ4v) is 7.47. The summed E-state index contributed by atoms with van der Waals surface area (Å²) in [5.41, 5.74) is 24.2. The Morgan fingerprint density at radius 1 is 0.605 bits per heavy atom. The number of phenolic OH excluding ortho intramolecular Hbond substituents is 2. The number of rotatable bonds is 29. The van der Waals surface area contributed by atoms with Crippen molar-refractivity contribution in [3.63, 3.8) is 0 Å². The van der Waals surface area contributed by atoms with E-state index in [2.05, 4.69) is 49.5 Å². The Hall–Kier alpha value is -7.19. The van der Waals surface area contributed by atoms with E-state index in [4.69, 9.17) is 22.3 Å². The van der Waals surface area contributed by atoms with Gasteiger partial charge in [0.05, 0.1) is 19.6 Å². The first kappa shape index (κ1) is 68.8. The highest BCUT2D eigenvalue weighted by atomic mass is 33.1. The third-order valence-electron chi connectivity index (χ3n) is 10.1. The first-order chi connectivity index (χ1) is 36.1. The number of hydrogen-bond acceptors (Lipinski definition) is 16. The number of aliphatic hydroxyl groups excluding tert-OH is 1. The Morgan fingerprint density at radius 3 is 1.54 bits per heavy atom. The van der Waals surface area contributed by atoms with Crippen LogP contribution in [0.5, 0.6) is 11.5 Å². The fraction of sp³-hybridized carbons (Fsp3) is 0.431. The van der Waals surface area contributed by atoms with Gasteiger partial charge in [0.15, 0.2) is 0 Å². The van der Waals surface area contributed by atoms with Crippen molar-refractivity contribution >= 4 is 74.8 Å². The van der Waals surface area contributed by atoms with Gasteiger partial charge in [-0.25, -0.2) is 0 Å². The van der Waals surface area contributed by atoms with Crippen molar-refractivity contribution in [3.05, 3.63) is 107 Å². The molecule has 0 aromatic heterocycles. The molecule has 0 heterocycles. The number of hydrogen-bond donors (Lipinski definition) is 14. The van der Waals surface area contributed by atoms with Gasteiger partial charge < -0.3 is 75.5 Å². The number of phenols is 2. The minimum absolute atomic E-state index is 0.0100. The predicted octanol–water partition coefficient (Wildman–Crippen LogP) is -0.180. The number of carbonyl (C=O) groups excluding carboxylic acids is 9. The fourth-order valence-electron chi connectivity index (χ4n) is 6.14. The van der Waals surface area contributed by atoms with E-state index in [1.54, 1.807) is 50.2 Å². The quantitative estimate of drug-likeness (QED) is 0.0244. The summed E-state index contributed by atoms with van der Waals surface area (Å²) in [5.74, 6) is -5.68. The van der Waals surface area contributed by atoms with Gasteiger partial charge in [-0.05, 0) is 114 Å². The van der Waals surface area contributed by atoms with Gasteiger partial charge in [-0.15, -0.1) is 6.58 Å². The topological polar surface area (TPSA) is 403 Å². The Balaban J connectivity index is 0.00000324. The average molecular weight is 1100 g/mol. The van der Waals surface area contributed by atoms with Crippen LogP contribution in [0.2, 0.25) is 0 Å². The van der Waals surface area contributed by atoms with E-state index in [1.165, 1.54) is 52.9 Å². The van der Waals surface area contributed by atoms with Crippen molar-refractivity contribution in [3.8, 4) is 11.5 Å². The number of nitrogens with one attached hydrogen (secondary N) is 7. The van der Waals surface area contributed by atoms with E-state index < -0.39 is 85.2 Å². The van der Waals surface area contributed by atoms with E-state index >= 15 is 0 Å². The summed E-state index contributed by atoms with van der Waals surface area (Å²) in [6.07, 6.45) is 3.46. The number of nitrogens with two attached hydrogens (primary N) is 4. The summed E-state index contributed by atoms with van der Waals surface area (Å²) < 4.78 is 0. The summed E-state index contributed by atoms with van der Waals surface area (Å²) in [6, 6.07) is 14.6. The first-order valence-corrected chi connectivity index (χ1v) is 26.8. The molecule has 0 saturated carbocycles. The van der Waals surface area contributed by atoms with Gasteiger partial charge in [-0.3, -0.25) is 43.2 Å². The van der Waals surface area contributed by atoms with E-state index in [9.17, 15) is 53.4 Å². The molecule has 0 spiro atoms. The van der Waals surface area contributed by atoms with Crippen molar-refractivity contribution < 1.29 is 58.5 Å². The molecule has 3 aromatic carbocycles. The third-order valence-corrected chi connectivity index (χ3v) is 11.9. The highest BCUT2D eigenvalue weighted by molar-refractivity contribution is 8.76. The number of aryl methyl sites for hydroxylation is 1. The van der Waals surface area contributed by atoms with Gasteiger partial charge in [0, 0.05) is 37.2 Å². The number of benzene rings is 3. The van der Waals surface area contributed by atoms with Gasteiger partial charge in [0.25, 0.3) is 0 Å². The molecule has 18 N–H and O–H groups in total. The lowest BCUT2D eigenvalue weighted by atomic mass is 10.0. The lowest BCUT2D eigenvalue weighted by molar-refractivity contribution is -0.133. The zero-order chi connectivity index (χ0) is 57.6. The SMILES string of the molecule is C=C(C)CCC(=O)NC(CSSC)C(=O)NC(Cc1ccc(O)cc1)C(=O)NCC(=O)NC(CCCCN)C(=O)NCC(=O)NCC(=O)NC(Cc1ccc(O)cc1)C(N)=O.CCO.CN.Cc1ccc(C(N)=O)cc1. The molecule has 9 amide bonds. The number of primary amides is 2. The monoisotopic (exact) mass is 1100 g/mol. The van der Waals surface area contributed by atoms with Crippen molar-refractivity contribution in [2.45, 2.75) is 89.9 Å². The highest BCUT2D eigenvalue weighted by Crippen LogP contribution is 2.19. The zero-order valence-electron chi connectivity index (χ0n) is 43.8. The van der Waals surface area contributed by atoms with Crippen LogP contribution in [0.4, 0.5) is 0 Å². The Morgan fingerprint density at radius 2 is 1.07 bits per heavy atom. The van der Waals surface area contributed by atoms with Gasteiger partial charge in [-0.1, -0.05) is 69.1 Å². The lowest BCUT2D eigenvalue weighted by Gasteiger charge is -2.23. The molecule has 0 aliphatic heterocycles. The number of unbranched alkanes of at least 4 members (excludes halogenated alkanes) is 1. The average Bonchev–Trinajstić information content (AvgIpc) is 3.38. The maximum Gasteiger partial charge on any atom is 0.248 e. The number of aliphatic hydroxyl groups is 1. The number of aromatic hydroxyl groups is 2. The van der Waals surface area contributed by atoms with E-state index in [1.807, 2.05) is 25.3 Å². The van der Waals surface area contributed by atoms with Crippen molar-refractivity contribution in [1.29, 1.82) is 0 Å². The molecule has 25 heteroatoms. The van der Waals surface area contributed by atoms with Crippen molar-refractivity contribution in [2.75, 3.05) is 51.8 Å². The van der Waals surface area contributed by atoms with Crippen LogP contribution in [0.25, 0.3) is 0 Å². The maximum absolute atomic E-state index is 13.5. The molecule has 0 saturated heterocycles. The summed E-state index contributed by atoms with van der Waals surface area (Å²) >= 11 is 0. The van der Waals surface area contributed by atoms with Crippen molar-refractivity contribution in [1.82, 2.24) is 37.2 Å². The smallest absolute Gasteiger partial charge is 0.248 e. The summed E-state index contributed by atoms with van der Waals surface area (Å²) in [4.78, 5) is 113. The number of amides is 9. The molecule has 76 heavy (non-hydrogen) atoms. The second-order valence-electron chi connectivity index (χ2n) is 16.5. The Kier molecular flexibility index (Phi) is 36.4. The molecule has 4 atom stereocenters. The van der Waals surface area contributed by atoms with Gasteiger partial charge in [0.2, 0.25) is 53.2 Å². The van der Waals surface area contributed by atoms with Gasteiger partial charge >= 0.3 is 0 Å². The van der Waals surface area contributed by atoms with E-state index in [0.29, 0.717) is 42.5 Å². The molecular formula is C51H77N11O12S2. The second-order valence-corrected chi connectivity index (χ2v) is 19.1. The normalized spacial score (nSPS) is 11.7. The van der Waals surface area contributed by atoms with Crippen LogP contribution in [0.15, 0.2) is 84.9 Å². The maximum atomic E-state index is 13.5. The summed E-state index contributed by atoms with van der Waals surface area (Å²) in [7, 11) is 4.23. The minimum Gasteiger partial charge on any atom is -0.508 e. The summed E-state index contributed by atoms with van der Waals surface area (Å²) in [5, 5.41) is 44.4. The predicted molar refractivity (Wildman–Crippen MR) is 295 cm³/mol. The largest absolute Gasteiger partial charge is 0.508 e. The van der Waals surface area contributed by atoms with Crippen LogP contribution in [-0.2, 0) is 51.2 Å². The minimum atomic E-state index is -1.22. The van der Waals surface area contributed by atoms with E-state index in [0.717, 1.165) is 11.1 Å². The lowest BCUT2D eigenvalue weighted by Crippen LogP contribution is -2.56. The molecule has 0 fully saturated rings. The molecular weight excluding hydrogens is 1020 g/mol. The van der Waals surface area contributed by atoms with Gasteiger partial charge in [0.1, 0.15) is 35.7 Å². The van der Waals surface area contributed by atoms with Crippen LogP contribution < -0.4 is 60.2 Å². The molecule has 0 aliphatic carbocycles. The molecule has 0 radical (unpaired) electrons. The summed E-state index contributed by atoms with van der Waals surface area (Å²) in [6.45, 7) is 8.08. The standard InChI is InChI=1S/C40H57N9O10S2.C8H9NO.C2H6O.CH5N/c1-24(2)7-16-33(52)48-32(23-61-60-3)40(59)49-31(19-26-10-14-28(51)15-11-26)39(58)45-22-36(55)46-29(6-4-5-17-41)38(57)44-20-34(53)43-21-35(54)47-30(37(42)56)18-25-8-12-27(50)13-9-25;1-6-2-4-7(5-3-6)8(9)10;1-2-3;1-2/h8-15,29-32,50-51H,1,4-7,16-23,41H2,2-3H3,(H2,42,56)(H,43,53)(H,44,57)(H,45,58)(H,46,55)(H,47,54)(H,48,52)(H,49,59);2-5H,1H3,(H2,9,10);3H,2H2,1H3;2H2,1H3.